The van der Waals surface area contributed by atoms with E-state index in [0.29, 0.717) is 28.4 Å². The molecule has 0 saturated heterocycles. The summed E-state index contributed by atoms with van der Waals surface area (Å²) in [5.74, 6) is 0.579. The minimum atomic E-state index is -0.671. The molecule has 1 heterocycles. The van der Waals surface area contributed by atoms with E-state index in [-0.39, 0.29) is 17.3 Å². The number of ether oxygens (including phenoxy) is 4. The fraction of sp³-hybridized carbons (Fsp3) is 0.158. The van der Waals surface area contributed by atoms with E-state index in [1.165, 1.54) is 45.6 Å². The number of aliphatic imine (C=N–C) groups is 1. The number of nitro benzene ring substituents is 1. The summed E-state index contributed by atoms with van der Waals surface area (Å²) in [6.45, 7) is 0. The van der Waals surface area contributed by atoms with E-state index >= 15 is 0 Å². The van der Waals surface area contributed by atoms with E-state index in [1.807, 2.05) is 0 Å². The van der Waals surface area contributed by atoms with Gasteiger partial charge in [-0.25, -0.2) is 9.79 Å². The predicted molar refractivity (Wildman–Crippen MR) is 99.8 cm³/mol. The van der Waals surface area contributed by atoms with E-state index < -0.39 is 10.9 Å². The standard InChI is InChI=1S/C19H16N2O7/c1-25-15-8-11(9-16(26-2)17(15)27-3)7-14-19(22)28-18(20-14)12-5-4-6-13(10-12)21(23)24/h4-10H,1-3H3/b14-7-. The third kappa shape index (κ3) is 3.63. The molecule has 9 nitrogen and oxygen atoms in total. The minimum absolute atomic E-state index is 0.00704. The maximum atomic E-state index is 12.2. The van der Waals surface area contributed by atoms with Gasteiger partial charge in [-0.05, 0) is 29.8 Å². The quantitative estimate of drug-likeness (QED) is 0.326. The Bertz CT molecular complexity index is 986. The van der Waals surface area contributed by atoms with Crippen molar-refractivity contribution in [2.45, 2.75) is 0 Å². The lowest BCUT2D eigenvalue weighted by atomic mass is 10.1. The summed E-state index contributed by atoms with van der Waals surface area (Å²) >= 11 is 0. The van der Waals surface area contributed by atoms with Gasteiger partial charge in [-0.3, -0.25) is 10.1 Å². The van der Waals surface area contributed by atoms with Crippen molar-refractivity contribution in [3.05, 3.63) is 63.3 Å². The van der Waals surface area contributed by atoms with Crippen LogP contribution in [0, 0.1) is 10.1 Å². The molecule has 0 spiro atoms. The van der Waals surface area contributed by atoms with Gasteiger partial charge in [-0.2, -0.15) is 0 Å². The molecule has 0 amide bonds. The van der Waals surface area contributed by atoms with Crippen LogP contribution >= 0.6 is 0 Å². The first-order valence-electron chi connectivity index (χ1n) is 8.04. The minimum Gasteiger partial charge on any atom is -0.493 e. The van der Waals surface area contributed by atoms with Gasteiger partial charge in [0.25, 0.3) is 5.69 Å². The highest BCUT2D eigenvalue weighted by atomic mass is 16.6. The number of hydrogen-bond acceptors (Lipinski definition) is 8. The van der Waals surface area contributed by atoms with Crippen molar-refractivity contribution in [2.75, 3.05) is 21.3 Å². The molecule has 1 aliphatic heterocycles. The van der Waals surface area contributed by atoms with Crippen LogP contribution in [0.25, 0.3) is 6.08 Å². The monoisotopic (exact) mass is 384 g/mol. The average Bonchev–Trinajstić information content (AvgIpc) is 3.07. The van der Waals surface area contributed by atoms with Crippen LogP contribution in [0.3, 0.4) is 0 Å². The predicted octanol–water partition coefficient (Wildman–Crippen LogP) is 2.97. The van der Waals surface area contributed by atoms with Crippen molar-refractivity contribution >= 4 is 23.6 Å². The first-order valence-corrected chi connectivity index (χ1v) is 8.04. The van der Waals surface area contributed by atoms with Crippen LogP contribution in [-0.4, -0.2) is 38.1 Å². The molecule has 0 fully saturated rings. The Kier molecular flexibility index (Phi) is 5.25. The molecule has 2 aromatic carbocycles. The van der Waals surface area contributed by atoms with Gasteiger partial charge < -0.3 is 18.9 Å². The van der Waals surface area contributed by atoms with Crippen molar-refractivity contribution in [2.24, 2.45) is 4.99 Å². The third-order valence-corrected chi connectivity index (χ3v) is 3.91. The Morgan fingerprint density at radius 1 is 1.07 bits per heavy atom. The Morgan fingerprint density at radius 2 is 1.75 bits per heavy atom. The molecule has 0 unspecified atom stereocenters. The summed E-state index contributed by atoms with van der Waals surface area (Å²) in [5.41, 5.74) is 0.815. The molecular weight excluding hydrogens is 368 g/mol. The second kappa shape index (κ2) is 7.78. The van der Waals surface area contributed by atoms with Gasteiger partial charge >= 0.3 is 5.97 Å². The van der Waals surface area contributed by atoms with Crippen LogP contribution in [0.5, 0.6) is 17.2 Å². The fourth-order valence-corrected chi connectivity index (χ4v) is 2.63. The van der Waals surface area contributed by atoms with Crippen molar-refractivity contribution in [1.29, 1.82) is 0 Å². The van der Waals surface area contributed by atoms with Crippen LogP contribution < -0.4 is 14.2 Å². The number of cyclic esters (lactones) is 1. The second-order valence-electron chi connectivity index (χ2n) is 5.60. The van der Waals surface area contributed by atoms with Crippen molar-refractivity contribution in [3.63, 3.8) is 0 Å². The van der Waals surface area contributed by atoms with Crippen molar-refractivity contribution < 1.29 is 28.7 Å². The average molecular weight is 384 g/mol. The summed E-state index contributed by atoms with van der Waals surface area (Å²) in [7, 11) is 4.45. The van der Waals surface area contributed by atoms with Gasteiger partial charge in [0.1, 0.15) is 0 Å². The van der Waals surface area contributed by atoms with Gasteiger partial charge in [-0.1, -0.05) is 6.07 Å². The third-order valence-electron chi connectivity index (χ3n) is 3.91. The highest BCUT2D eigenvalue weighted by molar-refractivity contribution is 6.13. The van der Waals surface area contributed by atoms with E-state index in [9.17, 15) is 14.9 Å². The Morgan fingerprint density at radius 3 is 2.32 bits per heavy atom. The number of rotatable bonds is 6. The fourth-order valence-electron chi connectivity index (χ4n) is 2.63. The second-order valence-corrected chi connectivity index (χ2v) is 5.60. The Labute approximate surface area is 160 Å². The Balaban J connectivity index is 2.00. The topological polar surface area (TPSA) is 109 Å². The zero-order valence-corrected chi connectivity index (χ0v) is 15.3. The molecule has 144 valence electrons. The molecule has 0 bridgehead atoms. The number of nitrogens with zero attached hydrogens (tertiary/aromatic N) is 2. The maximum absolute atomic E-state index is 12.2. The molecule has 0 atom stereocenters. The Hall–Kier alpha value is -3.88. The first kappa shape index (κ1) is 18.9. The zero-order chi connectivity index (χ0) is 20.3. The number of carbonyl (C=O) groups is 1. The van der Waals surface area contributed by atoms with Gasteiger partial charge in [0.15, 0.2) is 17.2 Å². The molecule has 1 aliphatic rings. The lowest BCUT2D eigenvalue weighted by Crippen LogP contribution is -2.05. The van der Waals surface area contributed by atoms with Gasteiger partial charge in [0.05, 0.1) is 26.3 Å². The molecule has 0 radical (unpaired) electrons. The van der Waals surface area contributed by atoms with Gasteiger partial charge in [0.2, 0.25) is 11.6 Å². The number of hydrogen-bond donors (Lipinski definition) is 0. The molecular formula is C19H16N2O7. The van der Waals surface area contributed by atoms with E-state index in [4.69, 9.17) is 18.9 Å². The molecule has 28 heavy (non-hydrogen) atoms. The number of benzene rings is 2. The highest BCUT2D eigenvalue weighted by Gasteiger charge is 2.25. The van der Waals surface area contributed by atoms with E-state index in [0.717, 1.165) is 0 Å². The molecule has 3 rings (SSSR count). The number of carbonyl (C=O) groups excluding carboxylic acids is 1. The van der Waals surface area contributed by atoms with Crippen LogP contribution in [0.4, 0.5) is 5.69 Å². The van der Waals surface area contributed by atoms with Crippen molar-refractivity contribution in [3.8, 4) is 17.2 Å². The summed E-state index contributed by atoms with van der Waals surface area (Å²) in [6.07, 6.45) is 1.50. The lowest BCUT2D eigenvalue weighted by Gasteiger charge is -2.12. The van der Waals surface area contributed by atoms with Crippen LogP contribution in [0.1, 0.15) is 11.1 Å². The lowest BCUT2D eigenvalue weighted by molar-refractivity contribution is -0.384. The zero-order valence-electron chi connectivity index (χ0n) is 15.3. The summed E-state index contributed by atoms with van der Waals surface area (Å²) in [6, 6.07) is 9.00. The molecule has 0 aliphatic carbocycles. The summed E-state index contributed by atoms with van der Waals surface area (Å²) in [4.78, 5) is 26.7. The summed E-state index contributed by atoms with van der Waals surface area (Å²) in [5, 5.41) is 10.9. The smallest absolute Gasteiger partial charge is 0.363 e. The van der Waals surface area contributed by atoms with Crippen LogP contribution in [-0.2, 0) is 9.53 Å². The maximum Gasteiger partial charge on any atom is 0.363 e. The largest absolute Gasteiger partial charge is 0.493 e. The molecule has 0 saturated carbocycles. The number of methoxy groups -OCH3 is 3. The van der Waals surface area contributed by atoms with Crippen molar-refractivity contribution in [1.82, 2.24) is 0 Å². The normalized spacial score (nSPS) is 14.5. The number of non-ortho nitro benzene ring substituents is 1. The summed E-state index contributed by atoms with van der Waals surface area (Å²) < 4.78 is 21.0. The number of esters is 1. The molecule has 0 aromatic heterocycles. The van der Waals surface area contributed by atoms with Crippen LogP contribution in [0.15, 0.2) is 47.1 Å². The van der Waals surface area contributed by atoms with E-state index in [2.05, 4.69) is 4.99 Å². The first-order chi connectivity index (χ1) is 13.5. The van der Waals surface area contributed by atoms with Crippen LogP contribution in [0.2, 0.25) is 0 Å². The van der Waals surface area contributed by atoms with Gasteiger partial charge in [-0.15, -0.1) is 0 Å². The number of nitro groups is 1. The van der Waals surface area contributed by atoms with E-state index in [1.54, 1.807) is 18.2 Å². The molecule has 9 heteroatoms. The SMILES string of the molecule is COc1cc(/C=C2\N=C(c3cccc([N+](=O)[O-])c3)OC2=O)cc(OC)c1OC. The van der Waals surface area contributed by atoms with Gasteiger partial charge in [0, 0.05) is 17.7 Å². The highest BCUT2D eigenvalue weighted by Crippen LogP contribution is 2.39. The molecule has 2 aromatic rings. The molecule has 0 N–H and O–H groups in total.